The van der Waals surface area contributed by atoms with Crippen LogP contribution in [0.2, 0.25) is 0 Å². The number of nitrogens with one attached hydrogen (secondary N) is 1. The first kappa shape index (κ1) is 30.9. The van der Waals surface area contributed by atoms with Gasteiger partial charge < -0.3 is 25.3 Å². The van der Waals surface area contributed by atoms with Gasteiger partial charge in [0.1, 0.15) is 28.6 Å². The molecule has 0 fully saturated rings. The van der Waals surface area contributed by atoms with Crippen molar-refractivity contribution < 1.29 is 41.4 Å². The summed E-state index contributed by atoms with van der Waals surface area (Å²) in [5.74, 6) is -4.50. The number of alkyl halides is 3. The number of hydrogen-bond acceptors (Lipinski definition) is 9. The molecule has 1 aromatic heterocycles. The van der Waals surface area contributed by atoms with E-state index in [9.17, 15) is 22.8 Å². The lowest BCUT2D eigenvalue weighted by Gasteiger charge is -2.22. The molecule has 0 saturated heterocycles. The summed E-state index contributed by atoms with van der Waals surface area (Å²) in [6.07, 6.45) is -3.80. The highest BCUT2D eigenvalue weighted by molar-refractivity contribution is 8.16. The molecule has 15 heteroatoms. The Hall–Kier alpha value is -4.08. The number of hydrogen-bond donors (Lipinski definition) is 5. The minimum Gasteiger partial charge on any atom is -0.455 e. The minimum atomic E-state index is -5.01. The van der Waals surface area contributed by atoms with E-state index in [-0.39, 0.29) is 28.6 Å². The Morgan fingerprint density at radius 2 is 1.55 bits per heavy atom. The lowest BCUT2D eigenvalue weighted by molar-refractivity contribution is -0.274. The summed E-state index contributed by atoms with van der Waals surface area (Å²) in [4.78, 5) is 28.6. The van der Waals surface area contributed by atoms with Crippen LogP contribution in [0.5, 0.6) is 23.0 Å². The van der Waals surface area contributed by atoms with Crippen molar-refractivity contribution in [2.24, 2.45) is 5.73 Å². The maximum atomic E-state index is 15.6. The summed E-state index contributed by atoms with van der Waals surface area (Å²) < 4.78 is 67.6. The topological polar surface area (TPSA) is 113 Å². The molecule has 2 amide bonds. The van der Waals surface area contributed by atoms with E-state index in [1.165, 1.54) is 24.4 Å². The van der Waals surface area contributed by atoms with Crippen LogP contribution >= 0.6 is 37.9 Å². The first-order chi connectivity index (χ1) is 19.7. The zero-order chi connectivity index (χ0) is 30.7. The maximum absolute atomic E-state index is 15.6. The van der Waals surface area contributed by atoms with E-state index < -0.39 is 38.9 Å². The number of benzene rings is 3. The number of pyridine rings is 1. The van der Waals surface area contributed by atoms with Gasteiger partial charge in [-0.05, 0) is 47.5 Å². The standard InChI is InChI=1S/C27H19F4N3O5S3/c28-18-10-15(14-4-2-1-3-5-14)11-22(23(18)25(36)34-16-8-9-33-19(12-16)24(32)35)37-20-7-6-17(38-26(29,30)31)13-21(20)39-27(40,41)42/h1-13,40-42H,(H2,32,35)(H,33,34,36). The van der Waals surface area contributed by atoms with E-state index in [0.29, 0.717) is 11.1 Å². The lowest BCUT2D eigenvalue weighted by atomic mass is 10.0. The number of carbonyl (C=O) groups is 2. The zero-order valence-electron chi connectivity index (χ0n) is 20.9. The molecule has 1 heterocycles. The van der Waals surface area contributed by atoms with Gasteiger partial charge in [0.2, 0.25) is 3.60 Å². The van der Waals surface area contributed by atoms with Crippen molar-refractivity contribution in [3.8, 4) is 34.1 Å². The largest absolute Gasteiger partial charge is 0.573 e. The van der Waals surface area contributed by atoms with Crippen LogP contribution in [-0.4, -0.2) is 26.8 Å². The molecule has 0 radical (unpaired) electrons. The van der Waals surface area contributed by atoms with E-state index in [1.54, 1.807) is 30.3 Å². The zero-order valence-corrected chi connectivity index (χ0v) is 23.6. The molecule has 42 heavy (non-hydrogen) atoms. The quantitative estimate of drug-likeness (QED) is 0.0793. The molecule has 4 rings (SSSR count). The molecule has 0 aliphatic rings. The number of rotatable bonds is 9. The van der Waals surface area contributed by atoms with Crippen LogP contribution in [0.15, 0.2) is 79.0 Å². The normalized spacial score (nSPS) is 11.5. The number of nitrogens with zero attached hydrogens (tertiary/aromatic N) is 1. The van der Waals surface area contributed by atoms with Crippen LogP contribution in [0.3, 0.4) is 0 Å². The molecule has 3 N–H and O–H groups in total. The van der Waals surface area contributed by atoms with Gasteiger partial charge >= 0.3 is 6.36 Å². The van der Waals surface area contributed by atoms with Crippen LogP contribution in [-0.2, 0) is 0 Å². The fourth-order valence-corrected chi connectivity index (χ4v) is 3.93. The molecule has 0 bridgehead atoms. The number of aromatic nitrogens is 1. The van der Waals surface area contributed by atoms with Crippen molar-refractivity contribution in [3.05, 3.63) is 96.1 Å². The molecule has 218 valence electrons. The van der Waals surface area contributed by atoms with Crippen molar-refractivity contribution in [2.45, 2.75) is 9.96 Å². The molecule has 0 unspecified atom stereocenters. The molecule has 0 atom stereocenters. The summed E-state index contributed by atoms with van der Waals surface area (Å²) in [6.45, 7) is 0. The molecule has 0 saturated carbocycles. The van der Waals surface area contributed by atoms with Crippen LogP contribution < -0.4 is 25.3 Å². The lowest BCUT2D eigenvalue weighted by Crippen LogP contribution is -2.18. The smallest absolute Gasteiger partial charge is 0.455 e. The third kappa shape index (κ3) is 8.24. The van der Waals surface area contributed by atoms with Gasteiger partial charge in [0.15, 0.2) is 11.5 Å². The summed E-state index contributed by atoms with van der Waals surface area (Å²) in [7, 11) is 0. The average molecular weight is 638 g/mol. The predicted molar refractivity (Wildman–Crippen MR) is 156 cm³/mol. The van der Waals surface area contributed by atoms with Gasteiger partial charge in [-0.3, -0.25) is 14.6 Å². The first-order valence-corrected chi connectivity index (χ1v) is 12.9. The first-order valence-electron chi connectivity index (χ1n) is 11.6. The van der Waals surface area contributed by atoms with E-state index >= 15 is 4.39 Å². The Bertz CT molecular complexity index is 1630. The summed E-state index contributed by atoms with van der Waals surface area (Å²) in [6, 6.07) is 16.4. The van der Waals surface area contributed by atoms with Gasteiger partial charge in [-0.1, -0.05) is 30.3 Å². The second kappa shape index (κ2) is 12.4. The Balaban J connectivity index is 1.81. The van der Waals surface area contributed by atoms with Gasteiger partial charge in [0.25, 0.3) is 11.8 Å². The number of nitrogens with two attached hydrogens (primary N) is 1. The maximum Gasteiger partial charge on any atom is 0.573 e. The van der Waals surface area contributed by atoms with E-state index in [4.69, 9.17) is 15.2 Å². The highest BCUT2D eigenvalue weighted by atomic mass is 32.2. The van der Waals surface area contributed by atoms with Crippen molar-refractivity contribution in [2.75, 3.05) is 5.32 Å². The number of carbonyl (C=O) groups excluding carboxylic acids is 2. The second-order valence-corrected chi connectivity index (χ2v) is 11.3. The van der Waals surface area contributed by atoms with Crippen LogP contribution in [0, 0.1) is 5.82 Å². The number of thiol groups is 3. The van der Waals surface area contributed by atoms with E-state index in [1.807, 2.05) is 0 Å². The Kier molecular flexibility index (Phi) is 9.13. The third-order valence-electron chi connectivity index (χ3n) is 5.27. The predicted octanol–water partition coefficient (Wildman–Crippen LogP) is 6.71. The van der Waals surface area contributed by atoms with Crippen LogP contribution in [0.25, 0.3) is 11.1 Å². The van der Waals surface area contributed by atoms with Crippen molar-refractivity contribution in [1.82, 2.24) is 4.98 Å². The molecule has 4 aromatic rings. The highest BCUT2D eigenvalue weighted by Crippen LogP contribution is 2.42. The molecule has 0 aliphatic heterocycles. The monoisotopic (exact) mass is 637 g/mol. The molecule has 3 aromatic carbocycles. The molecular formula is C27H19F4N3O5S3. The van der Waals surface area contributed by atoms with Gasteiger partial charge in [0, 0.05) is 18.0 Å². The van der Waals surface area contributed by atoms with Gasteiger partial charge in [0.05, 0.1) is 0 Å². The Labute approximate surface area is 252 Å². The number of amides is 2. The van der Waals surface area contributed by atoms with Crippen LogP contribution in [0.4, 0.5) is 23.2 Å². The van der Waals surface area contributed by atoms with Crippen molar-refractivity contribution in [3.63, 3.8) is 0 Å². The number of anilines is 1. The SMILES string of the molecule is NC(=O)c1cc(NC(=O)c2c(F)cc(-c3ccccc3)cc2Oc2ccc(OC(F)(F)F)cc2OC(S)(S)S)ccn1. The molecular weight excluding hydrogens is 619 g/mol. The van der Waals surface area contributed by atoms with Crippen molar-refractivity contribution in [1.29, 1.82) is 0 Å². The highest BCUT2D eigenvalue weighted by Gasteiger charge is 2.32. The average Bonchev–Trinajstić information content (AvgIpc) is 2.88. The molecule has 0 aliphatic carbocycles. The number of ether oxygens (including phenoxy) is 3. The van der Waals surface area contributed by atoms with E-state index in [2.05, 4.69) is 52.9 Å². The van der Waals surface area contributed by atoms with Gasteiger partial charge in [-0.2, -0.15) is 0 Å². The van der Waals surface area contributed by atoms with Gasteiger partial charge in [-0.15, -0.1) is 51.1 Å². The van der Waals surface area contributed by atoms with Crippen LogP contribution in [0.1, 0.15) is 20.8 Å². The summed E-state index contributed by atoms with van der Waals surface area (Å²) >= 11 is 12.0. The summed E-state index contributed by atoms with van der Waals surface area (Å²) in [5, 5.41) is 2.45. The van der Waals surface area contributed by atoms with Gasteiger partial charge in [-0.25, -0.2) is 4.39 Å². The fraction of sp³-hybridized carbons (Fsp3) is 0.0741. The summed E-state index contributed by atoms with van der Waals surface area (Å²) in [5.41, 5.74) is 5.46. The fourth-order valence-electron chi connectivity index (χ4n) is 3.63. The van der Waals surface area contributed by atoms with E-state index in [0.717, 1.165) is 24.3 Å². The number of halogens is 4. The second-order valence-electron chi connectivity index (χ2n) is 8.38. The van der Waals surface area contributed by atoms with Crippen molar-refractivity contribution >= 4 is 55.4 Å². The number of primary amides is 1. The molecule has 8 nitrogen and oxygen atoms in total. The Morgan fingerprint density at radius 3 is 2.19 bits per heavy atom. The molecule has 0 spiro atoms. The Morgan fingerprint density at radius 1 is 0.833 bits per heavy atom. The third-order valence-corrected chi connectivity index (χ3v) is 5.55. The minimum absolute atomic E-state index is 0.0731.